The number of halogens is 1. The van der Waals surface area contributed by atoms with Gasteiger partial charge in [-0.05, 0) is 42.5 Å². The fourth-order valence-electron chi connectivity index (χ4n) is 2.77. The molecule has 0 amide bonds. The van der Waals surface area contributed by atoms with Crippen molar-refractivity contribution in [2.75, 3.05) is 0 Å². The highest BCUT2D eigenvalue weighted by molar-refractivity contribution is 7.18. The summed E-state index contributed by atoms with van der Waals surface area (Å²) in [7, 11) is 0. The van der Waals surface area contributed by atoms with Gasteiger partial charge in [-0.15, -0.1) is 16.4 Å². The van der Waals surface area contributed by atoms with E-state index in [4.69, 9.17) is 11.6 Å². The molecule has 0 saturated heterocycles. The summed E-state index contributed by atoms with van der Waals surface area (Å²) in [5.74, 6) is 0.0455. The molecular formula is C20H15ClN4O2S. The summed E-state index contributed by atoms with van der Waals surface area (Å²) in [6, 6.07) is 15.9. The summed E-state index contributed by atoms with van der Waals surface area (Å²) in [5.41, 5.74) is 2.24. The van der Waals surface area contributed by atoms with Crippen LogP contribution < -0.4 is 5.56 Å². The fraction of sp³-hybridized carbons (Fsp3) is 0.100. The van der Waals surface area contributed by atoms with Gasteiger partial charge in [0.15, 0.2) is 5.78 Å². The van der Waals surface area contributed by atoms with Gasteiger partial charge in [0.25, 0.3) is 5.56 Å². The summed E-state index contributed by atoms with van der Waals surface area (Å²) < 4.78 is 3.83. The number of aromatic nitrogens is 4. The van der Waals surface area contributed by atoms with Crippen molar-refractivity contribution in [1.29, 1.82) is 0 Å². The molecule has 6 nitrogen and oxygen atoms in total. The monoisotopic (exact) mass is 410 g/mol. The Hall–Kier alpha value is -3.03. The molecule has 0 N–H and O–H groups in total. The van der Waals surface area contributed by atoms with Crippen LogP contribution in [0.1, 0.15) is 21.8 Å². The molecule has 8 heteroatoms. The summed E-state index contributed by atoms with van der Waals surface area (Å²) in [6.07, 6.45) is 4.39. The molecule has 0 bridgehead atoms. The molecule has 0 unspecified atom stereocenters. The highest BCUT2D eigenvalue weighted by Gasteiger charge is 2.11. The zero-order valence-electron chi connectivity index (χ0n) is 14.7. The molecule has 1 aromatic carbocycles. The predicted molar refractivity (Wildman–Crippen MR) is 109 cm³/mol. The molecule has 0 aliphatic rings. The van der Waals surface area contributed by atoms with E-state index in [1.54, 1.807) is 39.8 Å². The largest absolute Gasteiger partial charge is 0.293 e. The van der Waals surface area contributed by atoms with E-state index in [1.165, 1.54) is 17.4 Å². The minimum absolute atomic E-state index is 0.0455. The number of hydrogen-bond donors (Lipinski definition) is 0. The molecule has 140 valence electrons. The van der Waals surface area contributed by atoms with Crippen molar-refractivity contribution in [3.05, 3.63) is 92.3 Å². The first kappa shape index (κ1) is 18.3. The zero-order valence-corrected chi connectivity index (χ0v) is 16.2. The first-order valence-corrected chi connectivity index (χ1v) is 9.78. The number of rotatable bonds is 6. The lowest BCUT2D eigenvalue weighted by Gasteiger charge is -2.06. The van der Waals surface area contributed by atoms with Crippen molar-refractivity contribution in [2.24, 2.45) is 0 Å². The average molecular weight is 411 g/mol. The van der Waals surface area contributed by atoms with Crippen molar-refractivity contribution in [1.82, 2.24) is 19.6 Å². The zero-order chi connectivity index (χ0) is 19.5. The molecule has 3 heterocycles. The van der Waals surface area contributed by atoms with Gasteiger partial charge < -0.3 is 0 Å². The van der Waals surface area contributed by atoms with Crippen LogP contribution in [0.4, 0.5) is 0 Å². The van der Waals surface area contributed by atoms with Crippen LogP contribution in [0.15, 0.2) is 71.8 Å². The van der Waals surface area contributed by atoms with Crippen molar-refractivity contribution in [3.8, 4) is 11.4 Å². The van der Waals surface area contributed by atoms with Crippen LogP contribution in [-0.2, 0) is 6.42 Å². The van der Waals surface area contributed by atoms with Gasteiger partial charge in [-0.25, -0.2) is 4.68 Å². The second kappa shape index (κ2) is 7.92. The first-order chi connectivity index (χ1) is 13.6. The normalized spacial score (nSPS) is 10.9. The van der Waals surface area contributed by atoms with E-state index in [-0.39, 0.29) is 11.3 Å². The Morgan fingerprint density at radius 1 is 1.04 bits per heavy atom. The third-order valence-electron chi connectivity index (χ3n) is 4.21. The molecular weight excluding hydrogens is 396 g/mol. The van der Waals surface area contributed by atoms with Crippen LogP contribution in [0.5, 0.6) is 0 Å². The predicted octanol–water partition coefficient (Wildman–Crippen LogP) is 3.95. The molecule has 3 aromatic heterocycles. The number of carbonyl (C=O) groups is 1. The molecule has 28 heavy (non-hydrogen) atoms. The first-order valence-electron chi connectivity index (χ1n) is 8.58. The Kier molecular flexibility index (Phi) is 5.18. The van der Waals surface area contributed by atoms with Gasteiger partial charge in [0.1, 0.15) is 0 Å². The van der Waals surface area contributed by atoms with E-state index >= 15 is 0 Å². The van der Waals surface area contributed by atoms with E-state index in [0.29, 0.717) is 22.1 Å². The molecule has 0 aliphatic heterocycles. The maximum Gasteiger partial charge on any atom is 0.255 e. The van der Waals surface area contributed by atoms with Crippen molar-refractivity contribution < 1.29 is 4.79 Å². The number of pyridine rings is 1. The molecule has 0 aliphatic carbocycles. The van der Waals surface area contributed by atoms with E-state index in [1.807, 2.05) is 30.3 Å². The average Bonchev–Trinajstić information content (AvgIpc) is 3.36. The Bertz CT molecular complexity index is 1180. The van der Waals surface area contributed by atoms with Crippen LogP contribution in [0.2, 0.25) is 4.34 Å². The number of ketones is 1. The minimum atomic E-state index is -0.0880. The summed E-state index contributed by atoms with van der Waals surface area (Å²) in [6.45, 7) is 0. The number of aryl methyl sites for hydroxylation is 1. The molecule has 0 spiro atoms. The lowest BCUT2D eigenvalue weighted by atomic mass is 10.1. The van der Waals surface area contributed by atoms with Gasteiger partial charge in [0, 0.05) is 30.8 Å². The topological polar surface area (TPSA) is 69.8 Å². The second-order valence-corrected chi connectivity index (χ2v) is 7.82. The Labute approximate surface area is 169 Å². The number of hydrogen-bond acceptors (Lipinski definition) is 5. The molecule has 0 atom stereocenters. The maximum atomic E-state index is 12.2. The number of nitrogens with zero attached hydrogens (tertiary/aromatic N) is 4. The van der Waals surface area contributed by atoms with Crippen LogP contribution in [0.3, 0.4) is 0 Å². The molecule has 0 radical (unpaired) electrons. The van der Waals surface area contributed by atoms with E-state index in [9.17, 15) is 9.59 Å². The van der Waals surface area contributed by atoms with Gasteiger partial charge in [-0.2, -0.15) is 0 Å². The minimum Gasteiger partial charge on any atom is -0.293 e. The second-order valence-electron chi connectivity index (χ2n) is 6.11. The van der Waals surface area contributed by atoms with Gasteiger partial charge in [-0.3, -0.25) is 14.2 Å². The van der Waals surface area contributed by atoms with E-state index < -0.39 is 0 Å². The van der Waals surface area contributed by atoms with Crippen molar-refractivity contribution in [3.63, 3.8) is 0 Å². The Morgan fingerprint density at radius 2 is 1.82 bits per heavy atom. The number of thiophene rings is 1. The van der Waals surface area contributed by atoms with Crippen LogP contribution in [0, 0.1) is 0 Å². The van der Waals surface area contributed by atoms with Gasteiger partial charge in [-0.1, -0.05) is 22.9 Å². The molecule has 0 saturated carbocycles. The third kappa shape index (κ3) is 3.95. The van der Waals surface area contributed by atoms with E-state index in [0.717, 1.165) is 17.1 Å². The third-order valence-corrected chi connectivity index (χ3v) is 5.48. The van der Waals surface area contributed by atoms with Gasteiger partial charge in [0.05, 0.1) is 26.8 Å². The van der Waals surface area contributed by atoms with Crippen LogP contribution in [-0.4, -0.2) is 25.3 Å². The van der Waals surface area contributed by atoms with Crippen LogP contribution in [0.25, 0.3) is 11.4 Å². The number of benzene rings is 1. The highest BCUT2D eigenvalue weighted by Crippen LogP contribution is 2.23. The molecule has 0 fully saturated rings. The molecule has 4 aromatic rings. The van der Waals surface area contributed by atoms with E-state index in [2.05, 4.69) is 10.3 Å². The fourth-order valence-corrected chi connectivity index (χ4v) is 3.79. The lowest BCUT2D eigenvalue weighted by Crippen LogP contribution is -2.15. The molecule has 4 rings (SSSR count). The van der Waals surface area contributed by atoms with Crippen molar-refractivity contribution >= 4 is 28.7 Å². The summed E-state index contributed by atoms with van der Waals surface area (Å²) >= 11 is 7.16. The SMILES string of the molecule is O=C(CCc1cn(-c2ccc(-n3ccccc3=O)cc2)nn1)c1ccc(Cl)s1. The van der Waals surface area contributed by atoms with Crippen molar-refractivity contribution in [2.45, 2.75) is 12.8 Å². The number of Topliss-reactive ketones (excluding diaryl/α,β-unsaturated/α-hetero) is 1. The lowest BCUT2D eigenvalue weighted by molar-refractivity contribution is 0.0986. The Balaban J connectivity index is 1.45. The quantitative estimate of drug-likeness (QED) is 0.451. The summed E-state index contributed by atoms with van der Waals surface area (Å²) in [4.78, 5) is 24.7. The maximum absolute atomic E-state index is 12.2. The van der Waals surface area contributed by atoms with Crippen LogP contribution >= 0.6 is 22.9 Å². The number of carbonyl (C=O) groups excluding carboxylic acids is 1. The van der Waals surface area contributed by atoms with Gasteiger partial charge >= 0.3 is 0 Å². The summed E-state index contributed by atoms with van der Waals surface area (Å²) in [5, 5.41) is 8.27. The Morgan fingerprint density at radius 3 is 2.54 bits per heavy atom. The standard InChI is InChI=1S/C20H15ClN4O2S/c21-19-11-10-18(28-19)17(26)9-4-14-13-25(23-22-14)16-7-5-15(6-8-16)24-12-2-1-3-20(24)27/h1-3,5-8,10-13H,4,9H2. The smallest absolute Gasteiger partial charge is 0.255 e. The highest BCUT2D eigenvalue weighted by atomic mass is 35.5. The van der Waals surface area contributed by atoms with Gasteiger partial charge in [0.2, 0.25) is 0 Å².